The molecule has 0 heterocycles. The number of rotatable bonds is 4. The van der Waals surface area contributed by atoms with Gasteiger partial charge in [-0.1, -0.05) is 23.7 Å². The molecule has 3 amide bonds. The average Bonchev–Trinajstić information content (AvgIpc) is 2.51. The molecule has 0 saturated carbocycles. The Hall–Kier alpha value is -2.08. The molecule has 7 heteroatoms. The zero-order valence-electron chi connectivity index (χ0n) is 12.3. The van der Waals surface area contributed by atoms with Crippen LogP contribution >= 0.6 is 11.6 Å². The van der Waals surface area contributed by atoms with Crippen molar-refractivity contribution in [2.24, 2.45) is 4.99 Å². The molecule has 6 nitrogen and oxygen atoms in total. The Morgan fingerprint density at radius 2 is 2.00 bits per heavy atom. The minimum Gasteiger partial charge on any atom is -0.328 e. The van der Waals surface area contributed by atoms with Crippen molar-refractivity contribution in [2.75, 3.05) is 20.6 Å². The summed E-state index contributed by atoms with van der Waals surface area (Å²) >= 11 is 5.82. The molecule has 0 saturated heterocycles. The van der Waals surface area contributed by atoms with E-state index < -0.39 is 0 Å². The first-order valence-corrected chi connectivity index (χ1v) is 6.84. The lowest BCUT2D eigenvalue weighted by atomic mass is 10.2. The van der Waals surface area contributed by atoms with Gasteiger partial charge in [0.05, 0.1) is 6.54 Å². The lowest BCUT2D eigenvalue weighted by Crippen LogP contribution is -2.47. The van der Waals surface area contributed by atoms with Crippen molar-refractivity contribution in [1.29, 1.82) is 0 Å². The van der Waals surface area contributed by atoms with Gasteiger partial charge in [0, 0.05) is 25.7 Å². The molecule has 0 fully saturated rings. The summed E-state index contributed by atoms with van der Waals surface area (Å²) in [5, 5.41) is 3.23. The van der Waals surface area contributed by atoms with Crippen LogP contribution in [0.3, 0.4) is 0 Å². The summed E-state index contributed by atoms with van der Waals surface area (Å²) in [6.07, 6.45) is 0.628. The number of urea groups is 1. The number of hydrogen-bond donors (Lipinski definition) is 1. The molecule has 1 rings (SSSR count). The Kier molecular flexibility index (Phi) is 6.68. The van der Waals surface area contributed by atoms with Crippen LogP contribution < -0.4 is 5.32 Å². The minimum absolute atomic E-state index is 0.199. The highest BCUT2D eigenvalue weighted by Gasteiger charge is 2.15. The first-order valence-electron chi connectivity index (χ1n) is 6.47. The normalized spacial score (nSPS) is 11.0. The van der Waals surface area contributed by atoms with Crippen LogP contribution in [0.15, 0.2) is 29.3 Å². The molecule has 1 aromatic rings. The summed E-state index contributed by atoms with van der Waals surface area (Å²) in [5.41, 5.74) is 0.880. The third kappa shape index (κ3) is 5.07. The number of amides is 3. The Bertz CT molecular complexity index is 516. The van der Waals surface area contributed by atoms with Gasteiger partial charge in [-0.15, -0.1) is 0 Å². The predicted molar refractivity (Wildman–Crippen MR) is 83.3 cm³/mol. The number of hydrogen-bond acceptors (Lipinski definition) is 3. The fourth-order valence-electron chi connectivity index (χ4n) is 1.54. The van der Waals surface area contributed by atoms with Crippen LogP contribution in [0.4, 0.5) is 4.79 Å². The van der Waals surface area contributed by atoms with E-state index in [-0.39, 0.29) is 12.0 Å². The maximum atomic E-state index is 11.8. The van der Waals surface area contributed by atoms with Crippen LogP contribution in [0.25, 0.3) is 0 Å². The highest BCUT2D eigenvalue weighted by molar-refractivity contribution is 6.30. The minimum atomic E-state index is -0.318. The second-order valence-electron chi connectivity index (χ2n) is 4.35. The molecule has 114 valence electrons. The quantitative estimate of drug-likeness (QED) is 0.525. The Balaban J connectivity index is 2.79. The van der Waals surface area contributed by atoms with E-state index in [0.717, 1.165) is 5.56 Å². The molecule has 0 aliphatic heterocycles. The Morgan fingerprint density at radius 1 is 1.38 bits per heavy atom. The molecule has 0 radical (unpaired) electrons. The molecule has 0 aliphatic carbocycles. The standard InChI is InChI=1S/C14H19ClN4O2/c1-4-18(3)14(21)17-13(16-2)19(10-20)9-11-5-7-12(15)8-6-11/h5-8,10H,4,9H2,1-3H3,(H,16,17,21). The lowest BCUT2D eigenvalue weighted by Gasteiger charge is -2.22. The smallest absolute Gasteiger partial charge is 0.323 e. The molecule has 0 aromatic heterocycles. The van der Waals surface area contributed by atoms with E-state index in [9.17, 15) is 9.59 Å². The summed E-state index contributed by atoms with van der Waals surface area (Å²) in [5.74, 6) is 0.199. The molecule has 21 heavy (non-hydrogen) atoms. The van der Waals surface area contributed by atoms with Crippen molar-refractivity contribution in [3.8, 4) is 0 Å². The highest BCUT2D eigenvalue weighted by atomic mass is 35.5. The molecule has 1 aromatic carbocycles. The molecule has 0 bridgehead atoms. The molecular weight excluding hydrogens is 292 g/mol. The third-order valence-electron chi connectivity index (χ3n) is 2.92. The van der Waals surface area contributed by atoms with E-state index >= 15 is 0 Å². The second-order valence-corrected chi connectivity index (χ2v) is 4.79. The lowest BCUT2D eigenvalue weighted by molar-refractivity contribution is -0.115. The van der Waals surface area contributed by atoms with Gasteiger partial charge in [0.15, 0.2) is 0 Å². The van der Waals surface area contributed by atoms with Crippen LogP contribution in [0.2, 0.25) is 5.02 Å². The van der Waals surface area contributed by atoms with Crippen LogP contribution in [0.1, 0.15) is 12.5 Å². The zero-order valence-corrected chi connectivity index (χ0v) is 13.1. The fraction of sp³-hybridized carbons (Fsp3) is 0.357. The van der Waals surface area contributed by atoms with Crippen LogP contribution in [0, 0.1) is 0 Å². The van der Waals surface area contributed by atoms with Gasteiger partial charge in [0.1, 0.15) is 0 Å². The SMILES string of the molecule is CCN(C)C(=O)NC(=NC)N(C=O)Cc1ccc(Cl)cc1. The fourth-order valence-corrected chi connectivity index (χ4v) is 1.67. The van der Waals surface area contributed by atoms with Gasteiger partial charge in [0.2, 0.25) is 12.4 Å². The van der Waals surface area contributed by atoms with E-state index in [1.54, 1.807) is 19.2 Å². The van der Waals surface area contributed by atoms with Crippen LogP contribution in [-0.4, -0.2) is 48.8 Å². The molecule has 0 spiro atoms. The summed E-state index contributed by atoms with van der Waals surface area (Å²) in [6, 6.07) is 6.79. The number of guanidine groups is 1. The van der Waals surface area contributed by atoms with E-state index in [2.05, 4.69) is 10.3 Å². The molecule has 0 atom stereocenters. The monoisotopic (exact) mass is 310 g/mol. The van der Waals surface area contributed by atoms with E-state index in [4.69, 9.17) is 11.6 Å². The molecule has 0 unspecified atom stereocenters. The number of carbonyl (C=O) groups is 2. The molecular formula is C14H19ClN4O2. The van der Waals surface area contributed by atoms with E-state index in [1.165, 1.54) is 16.8 Å². The maximum absolute atomic E-state index is 11.8. The Morgan fingerprint density at radius 3 is 2.48 bits per heavy atom. The van der Waals surface area contributed by atoms with E-state index in [0.29, 0.717) is 24.5 Å². The predicted octanol–water partition coefficient (Wildman–Crippen LogP) is 1.95. The summed E-state index contributed by atoms with van der Waals surface area (Å²) in [7, 11) is 3.17. The summed E-state index contributed by atoms with van der Waals surface area (Å²) in [4.78, 5) is 29.8. The number of nitrogens with zero attached hydrogens (tertiary/aromatic N) is 3. The van der Waals surface area contributed by atoms with Crippen molar-refractivity contribution < 1.29 is 9.59 Å². The summed E-state index contributed by atoms with van der Waals surface area (Å²) in [6.45, 7) is 2.71. The second kappa shape index (κ2) is 8.26. The van der Waals surface area contributed by atoms with Crippen LogP contribution in [0.5, 0.6) is 0 Å². The largest absolute Gasteiger partial charge is 0.328 e. The number of nitrogens with one attached hydrogen (secondary N) is 1. The number of carbonyl (C=O) groups excluding carboxylic acids is 2. The zero-order chi connectivity index (χ0) is 15.8. The van der Waals surface area contributed by atoms with Crippen molar-refractivity contribution in [3.05, 3.63) is 34.9 Å². The maximum Gasteiger partial charge on any atom is 0.323 e. The molecule has 1 N–H and O–H groups in total. The number of halogens is 1. The van der Waals surface area contributed by atoms with Crippen molar-refractivity contribution in [1.82, 2.24) is 15.1 Å². The topological polar surface area (TPSA) is 65.0 Å². The van der Waals surface area contributed by atoms with Gasteiger partial charge in [-0.05, 0) is 24.6 Å². The highest BCUT2D eigenvalue weighted by Crippen LogP contribution is 2.11. The molecule has 0 aliphatic rings. The van der Waals surface area contributed by atoms with Crippen molar-refractivity contribution in [3.63, 3.8) is 0 Å². The van der Waals surface area contributed by atoms with Gasteiger partial charge >= 0.3 is 6.03 Å². The Labute approximate surface area is 129 Å². The van der Waals surface area contributed by atoms with Gasteiger partial charge in [0.25, 0.3) is 0 Å². The van der Waals surface area contributed by atoms with Crippen molar-refractivity contribution in [2.45, 2.75) is 13.5 Å². The van der Waals surface area contributed by atoms with Gasteiger partial charge in [-0.2, -0.15) is 0 Å². The van der Waals surface area contributed by atoms with Gasteiger partial charge in [-0.25, -0.2) is 4.79 Å². The van der Waals surface area contributed by atoms with Gasteiger partial charge < -0.3 is 4.90 Å². The first kappa shape index (κ1) is 17.0. The first-order chi connectivity index (χ1) is 10.0. The third-order valence-corrected chi connectivity index (χ3v) is 3.17. The summed E-state index contributed by atoms with van der Waals surface area (Å²) < 4.78 is 0. The van der Waals surface area contributed by atoms with Crippen molar-refractivity contribution >= 4 is 30.0 Å². The van der Waals surface area contributed by atoms with Gasteiger partial charge in [-0.3, -0.25) is 20.0 Å². The van der Waals surface area contributed by atoms with Crippen LogP contribution in [-0.2, 0) is 11.3 Å². The number of aliphatic imine (C=N–C) groups is 1. The van der Waals surface area contributed by atoms with E-state index in [1.807, 2.05) is 19.1 Å². The number of benzene rings is 1. The average molecular weight is 311 g/mol.